The number of hydrogen-bond acceptors (Lipinski definition) is 3. The number of unbranched alkanes of at least 4 members (excludes halogenated alkanes) is 11. The summed E-state index contributed by atoms with van der Waals surface area (Å²) in [4.78, 5) is 25.5. The Morgan fingerprint density at radius 2 is 1.06 bits per heavy atom. The standard InChI is InChI=1S/C27H53N3O2/c1-4-5-23-28-26(31)21-18-16-14-12-10-8-6-7-9-11-13-15-17-19-22-27(32)29-24-20-25-30(2)3/h6-7H,4-5,8-25H2,1-3H3,(H,28,31)(H,29,32)/b7-6+. The summed E-state index contributed by atoms with van der Waals surface area (Å²) in [5.41, 5.74) is 0. The van der Waals surface area contributed by atoms with Crippen molar-refractivity contribution in [2.45, 2.75) is 116 Å². The molecule has 0 saturated heterocycles. The van der Waals surface area contributed by atoms with Crippen LogP contribution in [0.25, 0.3) is 0 Å². The van der Waals surface area contributed by atoms with Crippen LogP contribution >= 0.6 is 0 Å². The summed E-state index contributed by atoms with van der Waals surface area (Å²) in [6, 6.07) is 0. The number of carbonyl (C=O) groups is 2. The second kappa shape index (κ2) is 24.3. The van der Waals surface area contributed by atoms with Gasteiger partial charge in [-0.2, -0.15) is 0 Å². The third-order valence-corrected chi connectivity index (χ3v) is 5.67. The van der Waals surface area contributed by atoms with E-state index < -0.39 is 0 Å². The number of rotatable bonds is 23. The van der Waals surface area contributed by atoms with Crippen LogP contribution in [0.4, 0.5) is 0 Å². The molecule has 5 heteroatoms. The van der Waals surface area contributed by atoms with Crippen LogP contribution in [0.3, 0.4) is 0 Å². The first-order valence-electron chi connectivity index (χ1n) is 13.4. The molecule has 0 radical (unpaired) electrons. The first kappa shape index (κ1) is 30.6. The summed E-state index contributed by atoms with van der Waals surface area (Å²) in [5, 5.41) is 5.99. The van der Waals surface area contributed by atoms with Crippen LogP contribution in [0.2, 0.25) is 0 Å². The molecule has 0 bridgehead atoms. The van der Waals surface area contributed by atoms with Gasteiger partial charge in [0, 0.05) is 25.9 Å². The number of nitrogens with zero attached hydrogens (tertiary/aromatic N) is 1. The lowest BCUT2D eigenvalue weighted by Gasteiger charge is -2.09. The van der Waals surface area contributed by atoms with Crippen molar-refractivity contribution < 1.29 is 9.59 Å². The number of amides is 2. The molecule has 0 aliphatic rings. The lowest BCUT2D eigenvalue weighted by atomic mass is 10.1. The van der Waals surface area contributed by atoms with Gasteiger partial charge in [-0.25, -0.2) is 0 Å². The molecule has 2 N–H and O–H groups in total. The van der Waals surface area contributed by atoms with Crippen molar-refractivity contribution >= 4 is 11.8 Å². The van der Waals surface area contributed by atoms with Crippen molar-refractivity contribution in [2.24, 2.45) is 0 Å². The Labute approximate surface area is 199 Å². The molecule has 0 heterocycles. The quantitative estimate of drug-likeness (QED) is 0.148. The third kappa shape index (κ3) is 24.9. The van der Waals surface area contributed by atoms with Crippen molar-refractivity contribution in [1.82, 2.24) is 15.5 Å². The fourth-order valence-electron chi connectivity index (χ4n) is 3.60. The molecule has 188 valence electrons. The van der Waals surface area contributed by atoms with E-state index in [1.807, 2.05) is 0 Å². The minimum atomic E-state index is 0.208. The highest BCUT2D eigenvalue weighted by molar-refractivity contribution is 5.76. The number of nitrogens with one attached hydrogen (secondary N) is 2. The van der Waals surface area contributed by atoms with Crippen LogP contribution in [0.1, 0.15) is 116 Å². The molecule has 5 nitrogen and oxygen atoms in total. The normalized spacial score (nSPS) is 11.4. The zero-order valence-electron chi connectivity index (χ0n) is 21.6. The van der Waals surface area contributed by atoms with E-state index >= 15 is 0 Å². The van der Waals surface area contributed by atoms with Gasteiger partial charge in [-0.3, -0.25) is 9.59 Å². The van der Waals surface area contributed by atoms with Gasteiger partial charge in [0.25, 0.3) is 0 Å². The van der Waals surface area contributed by atoms with E-state index in [1.54, 1.807) is 0 Å². The van der Waals surface area contributed by atoms with Gasteiger partial charge in [0.15, 0.2) is 0 Å². The highest BCUT2D eigenvalue weighted by atomic mass is 16.2. The molecular formula is C27H53N3O2. The molecule has 0 aromatic carbocycles. The number of allylic oxidation sites excluding steroid dienone is 2. The summed E-state index contributed by atoms with van der Waals surface area (Å²) in [6.45, 7) is 4.79. The van der Waals surface area contributed by atoms with Gasteiger partial charge in [-0.15, -0.1) is 0 Å². The molecule has 0 fully saturated rings. The Morgan fingerprint density at radius 3 is 1.53 bits per heavy atom. The van der Waals surface area contributed by atoms with Crippen LogP contribution in [-0.4, -0.2) is 50.4 Å². The minimum Gasteiger partial charge on any atom is -0.356 e. The maximum absolute atomic E-state index is 11.7. The zero-order valence-corrected chi connectivity index (χ0v) is 21.6. The van der Waals surface area contributed by atoms with Crippen molar-refractivity contribution in [1.29, 1.82) is 0 Å². The van der Waals surface area contributed by atoms with Gasteiger partial charge in [-0.05, 0) is 72.0 Å². The highest BCUT2D eigenvalue weighted by Crippen LogP contribution is 2.10. The Bertz CT molecular complexity index is 464. The largest absolute Gasteiger partial charge is 0.356 e. The van der Waals surface area contributed by atoms with E-state index in [4.69, 9.17) is 0 Å². The molecule has 2 amide bonds. The molecule has 0 aliphatic carbocycles. The van der Waals surface area contributed by atoms with Gasteiger partial charge in [0.2, 0.25) is 11.8 Å². The van der Waals surface area contributed by atoms with Crippen LogP contribution in [-0.2, 0) is 9.59 Å². The Kier molecular flexibility index (Phi) is 23.3. The molecule has 0 aromatic heterocycles. The van der Waals surface area contributed by atoms with E-state index in [-0.39, 0.29) is 11.8 Å². The van der Waals surface area contributed by atoms with E-state index in [2.05, 4.69) is 48.7 Å². The van der Waals surface area contributed by atoms with E-state index in [0.29, 0.717) is 12.8 Å². The summed E-state index contributed by atoms with van der Waals surface area (Å²) < 4.78 is 0. The average molecular weight is 452 g/mol. The monoisotopic (exact) mass is 451 g/mol. The van der Waals surface area contributed by atoms with Gasteiger partial charge in [-0.1, -0.05) is 64.0 Å². The second-order valence-electron chi connectivity index (χ2n) is 9.29. The van der Waals surface area contributed by atoms with E-state index in [0.717, 1.165) is 58.2 Å². The fraction of sp³-hybridized carbons (Fsp3) is 0.852. The Morgan fingerprint density at radius 1 is 0.625 bits per heavy atom. The van der Waals surface area contributed by atoms with E-state index in [9.17, 15) is 9.59 Å². The zero-order chi connectivity index (χ0) is 23.7. The summed E-state index contributed by atoms with van der Waals surface area (Å²) in [5.74, 6) is 0.428. The molecule has 0 atom stereocenters. The Balaban J connectivity index is 3.26. The van der Waals surface area contributed by atoms with Crippen molar-refractivity contribution in [3.63, 3.8) is 0 Å². The molecule has 0 spiro atoms. The number of hydrogen-bond donors (Lipinski definition) is 2. The number of carbonyl (C=O) groups excluding carboxylic acids is 2. The van der Waals surface area contributed by atoms with Gasteiger partial charge < -0.3 is 15.5 Å². The SMILES string of the molecule is CCCCNC(=O)CCCCCCC/C=C/CCCCCCCC(=O)NCCCN(C)C. The predicted octanol–water partition coefficient (Wildman–Crippen LogP) is 5.99. The first-order valence-corrected chi connectivity index (χ1v) is 13.4. The van der Waals surface area contributed by atoms with Crippen molar-refractivity contribution in [2.75, 3.05) is 33.7 Å². The lowest BCUT2D eigenvalue weighted by Crippen LogP contribution is -2.26. The molecule has 32 heavy (non-hydrogen) atoms. The average Bonchev–Trinajstić information content (AvgIpc) is 2.76. The second-order valence-corrected chi connectivity index (χ2v) is 9.29. The summed E-state index contributed by atoms with van der Waals surface area (Å²) >= 11 is 0. The Hall–Kier alpha value is -1.36. The van der Waals surface area contributed by atoms with Crippen LogP contribution in [0, 0.1) is 0 Å². The van der Waals surface area contributed by atoms with Crippen molar-refractivity contribution in [3.8, 4) is 0 Å². The minimum absolute atomic E-state index is 0.208. The summed E-state index contributed by atoms with van der Waals surface area (Å²) in [6.07, 6.45) is 23.5. The van der Waals surface area contributed by atoms with Crippen molar-refractivity contribution in [3.05, 3.63) is 12.2 Å². The summed E-state index contributed by atoms with van der Waals surface area (Å²) in [7, 11) is 4.11. The first-order chi connectivity index (χ1) is 15.6. The lowest BCUT2D eigenvalue weighted by molar-refractivity contribution is -0.122. The van der Waals surface area contributed by atoms with Crippen LogP contribution in [0.5, 0.6) is 0 Å². The molecule has 0 aliphatic heterocycles. The molecule has 0 rings (SSSR count). The molecule has 0 unspecified atom stereocenters. The van der Waals surface area contributed by atoms with Crippen LogP contribution in [0.15, 0.2) is 12.2 Å². The maximum Gasteiger partial charge on any atom is 0.219 e. The smallest absolute Gasteiger partial charge is 0.219 e. The van der Waals surface area contributed by atoms with Gasteiger partial charge in [0.05, 0.1) is 0 Å². The maximum atomic E-state index is 11.7. The van der Waals surface area contributed by atoms with Gasteiger partial charge >= 0.3 is 0 Å². The topological polar surface area (TPSA) is 61.4 Å². The highest BCUT2D eigenvalue weighted by Gasteiger charge is 2.01. The third-order valence-electron chi connectivity index (χ3n) is 5.67. The molecular weight excluding hydrogens is 398 g/mol. The van der Waals surface area contributed by atoms with E-state index in [1.165, 1.54) is 57.8 Å². The molecule has 0 aromatic rings. The van der Waals surface area contributed by atoms with Crippen LogP contribution < -0.4 is 10.6 Å². The predicted molar refractivity (Wildman–Crippen MR) is 138 cm³/mol. The fourth-order valence-corrected chi connectivity index (χ4v) is 3.60. The molecule has 0 saturated carbocycles. The van der Waals surface area contributed by atoms with Gasteiger partial charge in [0.1, 0.15) is 0 Å².